The molecule has 0 bridgehead atoms. The van der Waals surface area contributed by atoms with Crippen molar-refractivity contribution in [3.05, 3.63) is 101 Å². The summed E-state index contributed by atoms with van der Waals surface area (Å²) in [6, 6.07) is 18.3. The predicted octanol–water partition coefficient (Wildman–Crippen LogP) is 8.02. The predicted molar refractivity (Wildman–Crippen MR) is 246 cm³/mol. The van der Waals surface area contributed by atoms with Gasteiger partial charge in [-0.05, 0) is 130 Å². The lowest BCUT2D eigenvalue weighted by Crippen LogP contribution is -2.49. The number of fused-ring (bicyclic) bond motifs is 1. The van der Waals surface area contributed by atoms with Gasteiger partial charge in [0.1, 0.15) is 5.69 Å². The molecule has 2 aromatic carbocycles. The molecule has 0 saturated carbocycles. The molecule has 15 nitrogen and oxygen atoms in total. The number of imide groups is 1. The fourth-order valence-corrected chi connectivity index (χ4v) is 9.47. The van der Waals surface area contributed by atoms with Crippen LogP contribution < -0.4 is 20.4 Å². The van der Waals surface area contributed by atoms with Crippen LogP contribution in [0.2, 0.25) is 0 Å². The van der Waals surface area contributed by atoms with Gasteiger partial charge in [-0.15, -0.1) is 0 Å². The molecule has 3 aliphatic rings. The molecule has 6 aromatic rings. The Hall–Kier alpha value is -6.48. The number of aryl methyl sites for hydroxylation is 2. The van der Waals surface area contributed by atoms with Gasteiger partial charge in [0.2, 0.25) is 11.8 Å². The van der Waals surface area contributed by atoms with Crippen LogP contribution in [-0.2, 0) is 10.2 Å². The van der Waals surface area contributed by atoms with Crippen LogP contribution in [0.25, 0.3) is 33.5 Å². The van der Waals surface area contributed by atoms with E-state index in [2.05, 4.69) is 77.2 Å². The van der Waals surface area contributed by atoms with Gasteiger partial charge in [0.05, 0.1) is 11.7 Å². The molecule has 4 amide bonds. The number of pyridine rings is 2. The molecular formula is C49H57N11O4. The number of carbonyl (C=O) groups excluding carboxylic acids is 3. The second kappa shape index (κ2) is 17.6. The van der Waals surface area contributed by atoms with E-state index < -0.39 is 0 Å². The zero-order valence-corrected chi connectivity index (χ0v) is 37.6. The van der Waals surface area contributed by atoms with E-state index in [1.54, 1.807) is 4.90 Å². The van der Waals surface area contributed by atoms with Crippen molar-refractivity contribution in [1.29, 1.82) is 0 Å². The molecule has 7 heterocycles. The molecular weight excluding hydrogens is 807 g/mol. The normalized spacial score (nSPS) is 17.5. The van der Waals surface area contributed by atoms with Gasteiger partial charge in [0.15, 0.2) is 5.65 Å². The number of amides is 4. The largest absolute Gasteiger partial charge is 0.372 e. The number of carbonyl (C=O) groups is 3. The number of urea groups is 1. The molecule has 3 saturated heterocycles. The van der Waals surface area contributed by atoms with Crippen molar-refractivity contribution < 1.29 is 18.9 Å². The van der Waals surface area contributed by atoms with E-state index in [1.165, 1.54) is 24.1 Å². The quantitative estimate of drug-likeness (QED) is 0.122. The Morgan fingerprint density at radius 3 is 2.38 bits per heavy atom. The fraction of sp³-hybridized carbons (Fsp3) is 0.429. The van der Waals surface area contributed by atoms with Crippen LogP contribution in [0.3, 0.4) is 0 Å². The Balaban J connectivity index is 0.770. The third-order valence-electron chi connectivity index (χ3n) is 13.2. The van der Waals surface area contributed by atoms with Crippen LogP contribution in [-0.4, -0.2) is 92.3 Å². The Labute approximate surface area is 373 Å². The number of piperidine rings is 2. The number of hydrogen-bond donors (Lipinski definition) is 3. The van der Waals surface area contributed by atoms with Crippen LogP contribution in [0, 0.1) is 19.8 Å². The summed E-state index contributed by atoms with van der Waals surface area (Å²) < 4.78 is 5.32. The van der Waals surface area contributed by atoms with Crippen molar-refractivity contribution in [2.45, 2.75) is 91.0 Å². The van der Waals surface area contributed by atoms with E-state index in [1.807, 2.05) is 72.1 Å². The van der Waals surface area contributed by atoms with Gasteiger partial charge in [0, 0.05) is 78.3 Å². The van der Waals surface area contributed by atoms with Crippen molar-refractivity contribution in [3.63, 3.8) is 0 Å². The lowest BCUT2D eigenvalue weighted by molar-refractivity contribution is -0.120. The highest BCUT2D eigenvalue weighted by Crippen LogP contribution is 2.35. The van der Waals surface area contributed by atoms with E-state index in [-0.39, 0.29) is 35.1 Å². The minimum atomic E-state index is -0.385. The first-order chi connectivity index (χ1) is 30.8. The van der Waals surface area contributed by atoms with Crippen LogP contribution in [0.15, 0.2) is 71.5 Å². The van der Waals surface area contributed by atoms with Gasteiger partial charge in [-0.3, -0.25) is 29.9 Å². The summed E-state index contributed by atoms with van der Waals surface area (Å²) in [5.41, 5.74) is 10.3. The monoisotopic (exact) mass is 863 g/mol. The molecule has 0 aliphatic carbocycles. The van der Waals surface area contributed by atoms with Crippen molar-refractivity contribution in [1.82, 2.24) is 45.8 Å². The molecule has 9 rings (SSSR count). The highest BCUT2D eigenvalue weighted by molar-refractivity contribution is 6.06. The van der Waals surface area contributed by atoms with Gasteiger partial charge >= 0.3 is 6.03 Å². The Morgan fingerprint density at radius 2 is 1.69 bits per heavy atom. The van der Waals surface area contributed by atoms with Gasteiger partial charge in [-0.1, -0.05) is 44.1 Å². The molecule has 0 radical (unpaired) electrons. The summed E-state index contributed by atoms with van der Waals surface area (Å²) in [5.74, 6) is 1.01. The summed E-state index contributed by atoms with van der Waals surface area (Å²) in [5, 5.41) is 18.0. The second-order valence-corrected chi connectivity index (χ2v) is 18.8. The maximum atomic E-state index is 13.0. The molecule has 64 heavy (non-hydrogen) atoms. The van der Waals surface area contributed by atoms with Crippen LogP contribution in [0.4, 0.5) is 16.2 Å². The average molecular weight is 864 g/mol. The Kier molecular flexibility index (Phi) is 11.8. The summed E-state index contributed by atoms with van der Waals surface area (Å²) in [4.78, 5) is 57.7. The summed E-state index contributed by atoms with van der Waals surface area (Å²) in [6.45, 7) is 17.7. The molecule has 3 aliphatic heterocycles. The summed E-state index contributed by atoms with van der Waals surface area (Å²) >= 11 is 0. The molecule has 0 unspecified atom stereocenters. The fourth-order valence-electron chi connectivity index (χ4n) is 9.47. The second-order valence-electron chi connectivity index (χ2n) is 18.8. The standard InChI is InChI=1S/C49H57N11O4/c1-29-23-34(7-10-38(29)31(3)52-46(62)45-54-47(64-57-45)49(4,5)6)43-39-25-36(27-51-44(39)56-55-43)40-11-8-35(26-50-40)33-15-18-58(19-16-33)28-32-13-20-59(21-14-32)37-9-12-41(30(2)24-37)60-22-17-42(61)53-48(60)63/h7-12,23-27,31-33H,13-22,28H2,1-6H3,(H,52,62)(H,51,55,56)(H,53,61,63)/t31-/m1/s1. The van der Waals surface area contributed by atoms with E-state index >= 15 is 0 Å². The van der Waals surface area contributed by atoms with Crippen LogP contribution in [0.1, 0.15) is 111 Å². The Bertz CT molecular complexity index is 2690. The highest BCUT2D eigenvalue weighted by Gasteiger charge is 2.29. The molecule has 15 heteroatoms. The first kappa shape index (κ1) is 42.8. The van der Waals surface area contributed by atoms with E-state index in [0.29, 0.717) is 36.3 Å². The van der Waals surface area contributed by atoms with Crippen molar-refractivity contribution in [2.24, 2.45) is 5.92 Å². The Morgan fingerprint density at radius 1 is 0.891 bits per heavy atom. The van der Waals surface area contributed by atoms with Crippen LogP contribution in [0.5, 0.6) is 0 Å². The van der Waals surface area contributed by atoms with Gasteiger partial charge < -0.3 is 19.6 Å². The highest BCUT2D eigenvalue weighted by atomic mass is 16.5. The van der Waals surface area contributed by atoms with Gasteiger partial charge in [0.25, 0.3) is 11.7 Å². The minimum absolute atomic E-state index is 0.0209. The molecule has 0 spiro atoms. The number of aromatic nitrogens is 6. The summed E-state index contributed by atoms with van der Waals surface area (Å²) in [6.07, 6.45) is 8.80. The maximum absolute atomic E-state index is 13.0. The maximum Gasteiger partial charge on any atom is 0.328 e. The summed E-state index contributed by atoms with van der Waals surface area (Å²) in [7, 11) is 0. The zero-order valence-electron chi connectivity index (χ0n) is 37.6. The zero-order chi connectivity index (χ0) is 44.7. The molecule has 3 fully saturated rings. The van der Waals surface area contributed by atoms with Crippen LogP contribution >= 0.6 is 0 Å². The number of H-pyrrole nitrogens is 1. The third kappa shape index (κ3) is 8.99. The number of rotatable bonds is 10. The minimum Gasteiger partial charge on any atom is -0.372 e. The number of nitrogens with one attached hydrogen (secondary N) is 3. The smallest absolute Gasteiger partial charge is 0.328 e. The molecule has 3 N–H and O–H groups in total. The van der Waals surface area contributed by atoms with Gasteiger partial charge in [-0.25, -0.2) is 9.78 Å². The number of aromatic amines is 1. The third-order valence-corrected chi connectivity index (χ3v) is 13.2. The molecule has 1 atom stereocenters. The number of benzene rings is 2. The van der Waals surface area contributed by atoms with E-state index in [4.69, 9.17) is 14.5 Å². The van der Waals surface area contributed by atoms with E-state index in [9.17, 15) is 14.4 Å². The first-order valence-electron chi connectivity index (χ1n) is 22.5. The first-order valence-corrected chi connectivity index (χ1v) is 22.5. The number of anilines is 2. The lowest BCUT2D eigenvalue weighted by Gasteiger charge is -2.38. The SMILES string of the molecule is Cc1cc(-c2n[nH]c3ncc(-c4ccc(C5CCN(CC6CCN(c7ccc(N8CCC(=O)NC8=O)c(C)c7)CC6)CC5)cn4)cc23)ccc1[C@@H](C)NC(=O)c1noc(C(C)(C)C)n1. The van der Waals surface area contributed by atoms with Crippen molar-refractivity contribution in [2.75, 3.05) is 49.1 Å². The lowest BCUT2D eigenvalue weighted by atomic mass is 9.89. The number of likely N-dealkylation sites (tertiary alicyclic amines) is 1. The number of hydrogen-bond acceptors (Lipinski definition) is 11. The molecule has 4 aromatic heterocycles. The van der Waals surface area contributed by atoms with Crippen molar-refractivity contribution in [3.8, 4) is 22.5 Å². The van der Waals surface area contributed by atoms with Crippen molar-refractivity contribution >= 4 is 40.3 Å². The topological polar surface area (TPSA) is 178 Å². The number of nitrogens with zero attached hydrogens (tertiary/aromatic N) is 8. The van der Waals surface area contributed by atoms with Gasteiger partial charge in [-0.2, -0.15) is 10.1 Å². The van der Waals surface area contributed by atoms with E-state index in [0.717, 1.165) is 95.8 Å². The molecule has 332 valence electrons. The average Bonchev–Trinajstić information content (AvgIpc) is 3.96.